The van der Waals surface area contributed by atoms with E-state index in [2.05, 4.69) is 29.0 Å². The number of anilines is 3. The smallest absolute Gasteiger partial charge is 0.314 e. The molecule has 2 aliphatic rings. The van der Waals surface area contributed by atoms with Gasteiger partial charge < -0.3 is 20.1 Å². The van der Waals surface area contributed by atoms with Gasteiger partial charge in [-0.2, -0.15) is 0 Å². The second-order valence-electron chi connectivity index (χ2n) is 8.86. The summed E-state index contributed by atoms with van der Waals surface area (Å²) in [4.78, 5) is 23.4. The number of rotatable bonds is 8. The number of carboxylic acids is 1. The first-order valence-electron chi connectivity index (χ1n) is 10.9. The minimum Gasteiger partial charge on any atom is -0.481 e. The number of carboxylic acid groups (broad SMARTS) is 1. The molecule has 3 heterocycles. The fourth-order valence-corrected chi connectivity index (χ4v) is 4.29. The molecule has 0 aromatic carbocycles. The molecular weight excluding hydrogens is 416 g/mol. The summed E-state index contributed by atoms with van der Waals surface area (Å²) in [5.74, 6) is 1.12. The van der Waals surface area contributed by atoms with Crippen molar-refractivity contribution in [3.63, 3.8) is 0 Å². The van der Waals surface area contributed by atoms with Gasteiger partial charge in [-0.05, 0) is 55.4 Å². The fraction of sp³-hybridized carbons (Fsp3) is 0.522. The van der Waals surface area contributed by atoms with Crippen LogP contribution < -0.4 is 10.2 Å². The molecule has 0 radical (unpaired) electrons. The van der Waals surface area contributed by atoms with E-state index in [-0.39, 0.29) is 0 Å². The van der Waals surface area contributed by atoms with E-state index in [0.717, 1.165) is 49.7 Å². The van der Waals surface area contributed by atoms with Crippen molar-refractivity contribution in [1.29, 1.82) is 0 Å². The second-order valence-corrected chi connectivity index (χ2v) is 9.30. The van der Waals surface area contributed by atoms with Gasteiger partial charge in [-0.15, -0.1) is 0 Å². The standard InChI is InChI=1S/C23H29ClN4O3/c1-15(2)14-28(18-5-9-31-10-6-18)21-19(27-20-4-3-17(24)13-25-20)11-16(12-26-21)23(7-8-23)22(29)30/h3-4,11-13,15,18H,5-10,14H2,1-2H3,(H,25,27)(H,29,30). The summed E-state index contributed by atoms with van der Waals surface area (Å²) >= 11 is 6.00. The Morgan fingerprint density at radius 1 is 1.29 bits per heavy atom. The average Bonchev–Trinajstić information content (AvgIpc) is 3.57. The van der Waals surface area contributed by atoms with Crippen molar-refractivity contribution >= 4 is 34.9 Å². The molecule has 166 valence electrons. The molecule has 0 spiro atoms. The number of carbonyl (C=O) groups is 1. The van der Waals surface area contributed by atoms with Crippen molar-refractivity contribution in [2.45, 2.75) is 51.0 Å². The number of ether oxygens (including phenoxy) is 1. The van der Waals surface area contributed by atoms with Crippen molar-refractivity contribution in [2.75, 3.05) is 30.0 Å². The molecule has 1 aliphatic carbocycles. The van der Waals surface area contributed by atoms with E-state index in [0.29, 0.717) is 35.6 Å². The van der Waals surface area contributed by atoms with Gasteiger partial charge in [-0.3, -0.25) is 4.79 Å². The van der Waals surface area contributed by atoms with Gasteiger partial charge in [-0.1, -0.05) is 25.4 Å². The predicted molar refractivity (Wildman–Crippen MR) is 121 cm³/mol. The van der Waals surface area contributed by atoms with Crippen molar-refractivity contribution in [2.24, 2.45) is 5.92 Å². The summed E-state index contributed by atoms with van der Waals surface area (Å²) in [6.45, 7) is 6.71. The topological polar surface area (TPSA) is 87.6 Å². The molecule has 2 aromatic heterocycles. The Balaban J connectivity index is 1.75. The van der Waals surface area contributed by atoms with Crippen LogP contribution in [0.15, 0.2) is 30.6 Å². The van der Waals surface area contributed by atoms with Gasteiger partial charge in [-0.25, -0.2) is 9.97 Å². The fourth-order valence-electron chi connectivity index (χ4n) is 4.18. The normalized spacial score (nSPS) is 18.1. The number of nitrogens with one attached hydrogen (secondary N) is 1. The Hall–Kier alpha value is -2.38. The highest BCUT2D eigenvalue weighted by Crippen LogP contribution is 2.49. The van der Waals surface area contributed by atoms with Crippen molar-refractivity contribution < 1.29 is 14.6 Å². The number of hydrogen-bond acceptors (Lipinski definition) is 6. The van der Waals surface area contributed by atoms with Gasteiger partial charge in [0.05, 0.1) is 16.1 Å². The lowest BCUT2D eigenvalue weighted by molar-refractivity contribution is -0.140. The van der Waals surface area contributed by atoms with Gasteiger partial charge >= 0.3 is 5.97 Å². The minimum atomic E-state index is -0.822. The Bertz CT molecular complexity index is 925. The summed E-state index contributed by atoms with van der Waals surface area (Å²) in [6, 6.07) is 5.84. The Labute approximate surface area is 187 Å². The predicted octanol–water partition coefficient (Wildman–Crippen LogP) is 4.63. The van der Waals surface area contributed by atoms with Crippen molar-refractivity contribution in [1.82, 2.24) is 9.97 Å². The van der Waals surface area contributed by atoms with Crippen LogP contribution in [0, 0.1) is 5.92 Å². The van der Waals surface area contributed by atoms with Gasteiger partial charge in [0.15, 0.2) is 5.82 Å². The molecule has 2 N–H and O–H groups in total. The zero-order valence-corrected chi connectivity index (χ0v) is 18.7. The summed E-state index contributed by atoms with van der Waals surface area (Å²) in [5.41, 5.74) is 0.681. The molecule has 0 bridgehead atoms. The monoisotopic (exact) mass is 444 g/mol. The Morgan fingerprint density at radius 3 is 2.61 bits per heavy atom. The van der Waals surface area contributed by atoms with Gasteiger partial charge in [0.2, 0.25) is 0 Å². The van der Waals surface area contributed by atoms with Crippen LogP contribution in [0.2, 0.25) is 5.02 Å². The molecule has 1 saturated carbocycles. The lowest BCUT2D eigenvalue weighted by atomic mass is 9.97. The largest absolute Gasteiger partial charge is 0.481 e. The quantitative estimate of drug-likeness (QED) is 0.613. The summed E-state index contributed by atoms with van der Waals surface area (Å²) in [7, 11) is 0. The van der Waals surface area contributed by atoms with E-state index in [9.17, 15) is 9.90 Å². The zero-order valence-electron chi connectivity index (χ0n) is 18.0. The lowest BCUT2D eigenvalue weighted by Crippen LogP contribution is -2.42. The van der Waals surface area contributed by atoms with Crippen LogP contribution in [-0.2, 0) is 14.9 Å². The van der Waals surface area contributed by atoms with Crippen LogP contribution in [0.5, 0.6) is 0 Å². The van der Waals surface area contributed by atoms with Gasteiger partial charge in [0.25, 0.3) is 0 Å². The summed E-state index contributed by atoms with van der Waals surface area (Å²) in [5, 5.41) is 13.7. The first kappa shape index (κ1) is 21.8. The van der Waals surface area contributed by atoms with Crippen LogP contribution in [0.25, 0.3) is 0 Å². The third kappa shape index (κ3) is 4.77. The number of nitrogens with zero attached hydrogens (tertiary/aromatic N) is 3. The van der Waals surface area contributed by atoms with Gasteiger partial charge in [0.1, 0.15) is 5.82 Å². The average molecular weight is 445 g/mol. The lowest BCUT2D eigenvalue weighted by Gasteiger charge is -2.37. The van der Waals surface area contributed by atoms with Crippen LogP contribution in [0.3, 0.4) is 0 Å². The number of hydrogen-bond donors (Lipinski definition) is 2. The number of halogens is 1. The maximum Gasteiger partial charge on any atom is 0.314 e. The highest BCUT2D eigenvalue weighted by atomic mass is 35.5. The molecular formula is C23H29ClN4O3. The SMILES string of the molecule is CC(C)CN(c1ncc(C2(C(=O)O)CC2)cc1Nc1ccc(Cl)cn1)C1CCOCC1. The van der Waals surface area contributed by atoms with Crippen molar-refractivity contribution in [3.05, 3.63) is 41.2 Å². The van der Waals surface area contributed by atoms with E-state index in [1.54, 1.807) is 18.5 Å². The van der Waals surface area contributed by atoms with Crippen LogP contribution in [0.4, 0.5) is 17.3 Å². The van der Waals surface area contributed by atoms with Crippen molar-refractivity contribution in [3.8, 4) is 0 Å². The molecule has 0 amide bonds. The Kier molecular flexibility index (Phi) is 6.34. The maximum absolute atomic E-state index is 11.9. The summed E-state index contributed by atoms with van der Waals surface area (Å²) < 4.78 is 5.58. The molecule has 0 atom stereocenters. The first-order valence-corrected chi connectivity index (χ1v) is 11.2. The van der Waals surface area contributed by atoms with Crippen LogP contribution in [0.1, 0.15) is 45.1 Å². The maximum atomic E-state index is 11.9. The van der Waals surface area contributed by atoms with E-state index in [4.69, 9.17) is 21.3 Å². The molecule has 0 unspecified atom stereocenters. The molecule has 31 heavy (non-hydrogen) atoms. The Morgan fingerprint density at radius 2 is 2.03 bits per heavy atom. The molecule has 2 fully saturated rings. The highest BCUT2D eigenvalue weighted by molar-refractivity contribution is 6.30. The molecule has 1 saturated heterocycles. The molecule has 8 heteroatoms. The molecule has 1 aliphatic heterocycles. The first-order chi connectivity index (χ1) is 14.9. The number of aromatic nitrogens is 2. The molecule has 4 rings (SSSR count). The van der Waals surface area contributed by atoms with E-state index >= 15 is 0 Å². The third-order valence-corrected chi connectivity index (χ3v) is 6.26. The molecule has 2 aromatic rings. The minimum absolute atomic E-state index is 0.322. The number of aliphatic carboxylic acids is 1. The third-order valence-electron chi connectivity index (χ3n) is 6.03. The zero-order chi connectivity index (χ0) is 22.0. The van der Waals surface area contributed by atoms with E-state index in [1.165, 1.54) is 0 Å². The highest BCUT2D eigenvalue weighted by Gasteiger charge is 2.52. The number of pyridine rings is 2. The van der Waals surface area contributed by atoms with E-state index < -0.39 is 11.4 Å². The second kappa shape index (κ2) is 9.01. The van der Waals surface area contributed by atoms with Crippen LogP contribution >= 0.6 is 11.6 Å². The molecule has 7 nitrogen and oxygen atoms in total. The van der Waals surface area contributed by atoms with E-state index in [1.807, 2.05) is 12.1 Å². The summed E-state index contributed by atoms with van der Waals surface area (Å²) in [6.07, 6.45) is 6.48. The van der Waals surface area contributed by atoms with Gasteiger partial charge in [0, 0.05) is 38.2 Å². The van der Waals surface area contributed by atoms with Crippen LogP contribution in [-0.4, -0.2) is 46.8 Å².